The highest BCUT2D eigenvalue weighted by Crippen LogP contribution is 2.24. The van der Waals surface area contributed by atoms with Gasteiger partial charge in [-0.15, -0.1) is 0 Å². The average molecular weight is 230 g/mol. The predicted molar refractivity (Wildman–Crippen MR) is 54.6 cm³/mol. The Morgan fingerprint density at radius 1 is 1.56 bits per heavy atom. The first kappa shape index (κ1) is 12.3. The lowest BCUT2D eigenvalue weighted by Gasteiger charge is -2.10. The Bertz CT molecular complexity index is 386. The topological polar surface area (TPSA) is 95.6 Å². The fourth-order valence-electron chi connectivity index (χ4n) is 1.10. The van der Waals surface area contributed by atoms with Crippen molar-refractivity contribution in [1.82, 2.24) is 0 Å². The molecular weight excluding hydrogens is 219 g/mol. The highest BCUT2D eigenvalue weighted by Gasteiger charge is 2.15. The minimum absolute atomic E-state index is 0.0526. The second-order valence-corrected chi connectivity index (χ2v) is 3.14. The first-order chi connectivity index (χ1) is 7.54. The number of aliphatic hydroxyl groups excluding tert-OH is 2. The molecule has 0 bridgehead atoms. The Morgan fingerprint density at radius 2 is 2.25 bits per heavy atom. The third-order valence-corrected chi connectivity index (χ3v) is 1.90. The van der Waals surface area contributed by atoms with Crippen molar-refractivity contribution in [3.8, 4) is 0 Å². The summed E-state index contributed by atoms with van der Waals surface area (Å²) in [5.74, 6) is -0.708. The van der Waals surface area contributed by atoms with Gasteiger partial charge in [-0.05, 0) is 12.1 Å². The summed E-state index contributed by atoms with van der Waals surface area (Å²) < 4.78 is 12.8. The third kappa shape index (κ3) is 3.14. The van der Waals surface area contributed by atoms with Crippen LogP contribution >= 0.6 is 0 Å². The van der Waals surface area contributed by atoms with Crippen LogP contribution in [0, 0.1) is 15.9 Å². The van der Waals surface area contributed by atoms with Crippen LogP contribution in [0.2, 0.25) is 0 Å². The second-order valence-electron chi connectivity index (χ2n) is 3.14. The Hall–Kier alpha value is -1.73. The molecule has 0 heterocycles. The van der Waals surface area contributed by atoms with E-state index in [0.29, 0.717) is 0 Å². The standard InChI is InChI=1S/C9H11FN2O4/c10-6-1-2-8(9(3-6)12(15)16)11-4-7(14)5-13/h1-3,7,11,13-14H,4-5H2. The van der Waals surface area contributed by atoms with E-state index in [-0.39, 0.29) is 12.2 Å². The molecule has 0 aliphatic rings. The molecule has 6 nitrogen and oxygen atoms in total. The molecular formula is C9H11FN2O4. The molecule has 1 atom stereocenters. The van der Waals surface area contributed by atoms with Gasteiger partial charge in [0.15, 0.2) is 0 Å². The molecule has 1 aromatic rings. The van der Waals surface area contributed by atoms with Gasteiger partial charge in [0.05, 0.1) is 23.7 Å². The van der Waals surface area contributed by atoms with E-state index in [1.54, 1.807) is 0 Å². The summed E-state index contributed by atoms with van der Waals surface area (Å²) in [4.78, 5) is 9.85. The molecule has 0 fully saturated rings. The average Bonchev–Trinajstić information content (AvgIpc) is 2.26. The summed E-state index contributed by atoms with van der Waals surface area (Å²) in [6.45, 7) is -0.509. The monoisotopic (exact) mass is 230 g/mol. The van der Waals surface area contributed by atoms with E-state index in [9.17, 15) is 14.5 Å². The molecule has 0 saturated carbocycles. The molecule has 3 N–H and O–H groups in total. The van der Waals surface area contributed by atoms with Crippen molar-refractivity contribution in [1.29, 1.82) is 0 Å². The van der Waals surface area contributed by atoms with Gasteiger partial charge in [-0.3, -0.25) is 10.1 Å². The highest BCUT2D eigenvalue weighted by molar-refractivity contribution is 5.61. The van der Waals surface area contributed by atoms with Crippen LogP contribution in [0.5, 0.6) is 0 Å². The van der Waals surface area contributed by atoms with Crippen LogP contribution in [0.4, 0.5) is 15.8 Å². The highest BCUT2D eigenvalue weighted by atomic mass is 19.1. The predicted octanol–water partition coefficient (Wildman–Crippen LogP) is 0.499. The summed E-state index contributed by atoms with van der Waals surface area (Å²) in [7, 11) is 0. The summed E-state index contributed by atoms with van der Waals surface area (Å²) in [6, 6.07) is 3.06. The number of hydrogen-bond acceptors (Lipinski definition) is 5. The van der Waals surface area contributed by atoms with Gasteiger partial charge in [-0.25, -0.2) is 4.39 Å². The van der Waals surface area contributed by atoms with Gasteiger partial charge in [0.25, 0.3) is 5.69 Å². The van der Waals surface area contributed by atoms with Crippen LogP contribution in [-0.4, -0.2) is 34.4 Å². The van der Waals surface area contributed by atoms with Gasteiger partial charge in [0.1, 0.15) is 11.5 Å². The number of nitro groups is 1. The Labute approximate surface area is 90.5 Å². The zero-order valence-electron chi connectivity index (χ0n) is 8.26. The molecule has 7 heteroatoms. The molecule has 1 aromatic carbocycles. The van der Waals surface area contributed by atoms with E-state index < -0.39 is 29.1 Å². The van der Waals surface area contributed by atoms with Crippen LogP contribution in [0.25, 0.3) is 0 Å². The lowest BCUT2D eigenvalue weighted by molar-refractivity contribution is -0.384. The van der Waals surface area contributed by atoms with Crippen LogP contribution in [-0.2, 0) is 0 Å². The SMILES string of the molecule is O=[N+]([O-])c1cc(F)ccc1NCC(O)CO. The number of aliphatic hydroxyl groups is 2. The molecule has 0 radical (unpaired) electrons. The van der Waals surface area contributed by atoms with Crippen molar-refractivity contribution in [3.05, 3.63) is 34.1 Å². The van der Waals surface area contributed by atoms with Gasteiger partial charge >= 0.3 is 0 Å². The quantitative estimate of drug-likeness (QED) is 0.505. The summed E-state index contributed by atoms with van der Waals surface area (Å²) in [6.07, 6.45) is -1.02. The molecule has 0 saturated heterocycles. The normalized spacial score (nSPS) is 12.2. The van der Waals surface area contributed by atoms with Crippen LogP contribution in [0.15, 0.2) is 18.2 Å². The first-order valence-corrected chi connectivity index (χ1v) is 4.51. The van der Waals surface area contributed by atoms with Gasteiger partial charge in [-0.1, -0.05) is 0 Å². The number of anilines is 1. The van der Waals surface area contributed by atoms with Crippen LogP contribution in [0.3, 0.4) is 0 Å². The third-order valence-electron chi connectivity index (χ3n) is 1.90. The van der Waals surface area contributed by atoms with Gasteiger partial charge in [0.2, 0.25) is 0 Å². The largest absolute Gasteiger partial charge is 0.394 e. The fraction of sp³-hybridized carbons (Fsp3) is 0.333. The Kier molecular flexibility index (Phi) is 4.15. The van der Waals surface area contributed by atoms with Gasteiger partial charge < -0.3 is 15.5 Å². The summed E-state index contributed by atoms with van der Waals surface area (Å²) >= 11 is 0. The van der Waals surface area contributed by atoms with Crippen molar-refractivity contribution in [2.24, 2.45) is 0 Å². The van der Waals surface area contributed by atoms with E-state index in [0.717, 1.165) is 12.1 Å². The van der Waals surface area contributed by atoms with E-state index in [4.69, 9.17) is 10.2 Å². The molecule has 0 aromatic heterocycles. The molecule has 16 heavy (non-hydrogen) atoms. The van der Waals surface area contributed by atoms with Gasteiger partial charge in [-0.2, -0.15) is 0 Å². The number of rotatable bonds is 5. The Balaban J connectivity index is 2.82. The Morgan fingerprint density at radius 3 is 2.81 bits per heavy atom. The van der Waals surface area contributed by atoms with E-state index in [1.807, 2.05) is 0 Å². The molecule has 0 aliphatic carbocycles. The van der Waals surface area contributed by atoms with Crippen molar-refractivity contribution in [3.63, 3.8) is 0 Å². The second kappa shape index (κ2) is 5.38. The maximum atomic E-state index is 12.8. The number of nitro benzene ring substituents is 1. The molecule has 0 spiro atoms. The number of hydrogen-bond donors (Lipinski definition) is 3. The summed E-state index contributed by atoms with van der Waals surface area (Å²) in [5.41, 5.74) is -0.316. The minimum atomic E-state index is -1.02. The van der Waals surface area contributed by atoms with Crippen molar-refractivity contribution < 1.29 is 19.5 Å². The zero-order valence-corrected chi connectivity index (χ0v) is 8.26. The molecule has 0 aliphatic heterocycles. The lowest BCUT2D eigenvalue weighted by Crippen LogP contribution is -2.23. The number of nitrogens with zero attached hydrogens (tertiary/aromatic N) is 1. The molecule has 1 unspecified atom stereocenters. The first-order valence-electron chi connectivity index (χ1n) is 4.51. The van der Waals surface area contributed by atoms with E-state index >= 15 is 0 Å². The summed E-state index contributed by atoms with van der Waals surface area (Å²) in [5, 5.41) is 30.7. The number of benzene rings is 1. The minimum Gasteiger partial charge on any atom is -0.394 e. The fourth-order valence-corrected chi connectivity index (χ4v) is 1.10. The van der Waals surface area contributed by atoms with E-state index in [2.05, 4.69) is 5.32 Å². The number of halogens is 1. The molecule has 88 valence electrons. The van der Waals surface area contributed by atoms with Crippen molar-refractivity contribution >= 4 is 11.4 Å². The zero-order chi connectivity index (χ0) is 12.1. The van der Waals surface area contributed by atoms with Crippen LogP contribution < -0.4 is 5.32 Å². The maximum absolute atomic E-state index is 12.8. The van der Waals surface area contributed by atoms with Crippen LogP contribution in [0.1, 0.15) is 0 Å². The van der Waals surface area contributed by atoms with E-state index in [1.165, 1.54) is 6.07 Å². The number of nitrogens with one attached hydrogen (secondary N) is 1. The molecule has 1 rings (SSSR count). The molecule has 0 amide bonds. The lowest BCUT2D eigenvalue weighted by atomic mass is 10.2. The van der Waals surface area contributed by atoms with Gasteiger partial charge in [0, 0.05) is 6.54 Å². The maximum Gasteiger partial charge on any atom is 0.295 e. The van der Waals surface area contributed by atoms with Crippen molar-refractivity contribution in [2.45, 2.75) is 6.10 Å². The van der Waals surface area contributed by atoms with Crippen molar-refractivity contribution in [2.75, 3.05) is 18.5 Å². The smallest absolute Gasteiger partial charge is 0.295 e.